The van der Waals surface area contributed by atoms with Gasteiger partial charge in [0.05, 0.1) is 200 Å². The fourth-order valence-corrected chi connectivity index (χ4v) is 16.1. The first-order valence-corrected chi connectivity index (χ1v) is 45.7. The number of ether oxygens (including phenoxy) is 14. The number of allylic oxidation sites excluding steroid dienone is 6. The molecule has 5 atom stereocenters. The highest BCUT2D eigenvalue weighted by atomic mass is 32.2. The lowest BCUT2D eigenvalue weighted by molar-refractivity contribution is -0.438. The maximum Gasteiger partial charge on any atom is 0.490 e. The summed E-state index contributed by atoms with van der Waals surface area (Å²) < 4.78 is 194. The number of unbranched alkanes of at least 4 members (excludes halogenated alkanes) is 2. The van der Waals surface area contributed by atoms with E-state index >= 15 is 0 Å². The molecule has 6 rings (SSSR count). The molecule has 41 nitrogen and oxygen atoms in total. The van der Waals surface area contributed by atoms with Crippen molar-refractivity contribution in [3.05, 3.63) is 116 Å². The Morgan fingerprint density at radius 2 is 1.10 bits per heavy atom. The molecule has 46 heteroatoms. The first-order valence-electron chi connectivity index (χ1n) is 38.3. The number of nitrogens with one attached hydrogen (secondary N) is 3. The molecule has 119 heavy (non-hydrogen) atoms. The molecule has 2 amide bonds. The van der Waals surface area contributed by atoms with Crippen molar-refractivity contribution in [2.75, 3.05) is 209 Å². The summed E-state index contributed by atoms with van der Waals surface area (Å²) in [4.78, 5) is 89.9. The number of likely N-dealkylation sites (N-methyl/N-ethyl adjacent to an activating group) is 1. The fourth-order valence-electron chi connectivity index (χ4n) is 12.1. The number of aromatic amines is 1. The highest BCUT2D eigenvalue weighted by Crippen LogP contribution is 2.66. The highest BCUT2D eigenvalue weighted by Gasteiger charge is 2.46. The van der Waals surface area contributed by atoms with E-state index < -0.39 is 96.7 Å². The van der Waals surface area contributed by atoms with Gasteiger partial charge in [-0.2, -0.15) is 30.0 Å². The number of anilines is 1. The molecule has 3 aliphatic heterocycles. The van der Waals surface area contributed by atoms with Crippen LogP contribution in [0, 0.1) is 11.8 Å². The predicted molar refractivity (Wildman–Crippen MR) is 425 cm³/mol. The number of hydrogen-bond acceptors (Lipinski definition) is 30. The molecule has 2 aromatic carbocycles. The molecule has 1 saturated heterocycles. The number of phosphoric ester groups is 1. The van der Waals surface area contributed by atoms with Gasteiger partial charge in [0, 0.05) is 73.1 Å². The molecule has 4 heterocycles. The Labute approximate surface area is 690 Å². The summed E-state index contributed by atoms with van der Waals surface area (Å²) in [5, 5.41) is 15.8. The van der Waals surface area contributed by atoms with E-state index in [0.29, 0.717) is 178 Å². The second-order valence-corrected chi connectivity index (χ2v) is 34.6. The molecule has 10 N–H and O–H groups in total. The number of hydrogen-bond donors (Lipinski definition) is 10. The van der Waals surface area contributed by atoms with Crippen LogP contribution in [-0.4, -0.2) is 299 Å². The third-order valence-electron chi connectivity index (χ3n) is 17.8. The van der Waals surface area contributed by atoms with E-state index in [1.54, 1.807) is 12.1 Å². The van der Waals surface area contributed by atoms with Gasteiger partial charge < -0.3 is 107 Å². The lowest BCUT2D eigenvalue weighted by Gasteiger charge is -2.25. The molecule has 3 aliphatic rings. The smallest absolute Gasteiger partial charge is 0.390 e. The van der Waals surface area contributed by atoms with Crippen LogP contribution < -0.4 is 26.8 Å². The lowest BCUT2D eigenvalue weighted by atomic mass is 9.81. The largest absolute Gasteiger partial charge is 0.490 e. The summed E-state index contributed by atoms with van der Waals surface area (Å²) >= 11 is 0. The zero-order chi connectivity index (χ0) is 87.0. The van der Waals surface area contributed by atoms with E-state index in [-0.39, 0.29) is 60.7 Å². The normalized spacial score (nSPS) is 17.9. The van der Waals surface area contributed by atoms with Crippen LogP contribution >= 0.6 is 23.5 Å². The lowest BCUT2D eigenvalue weighted by Crippen LogP contribution is -2.34. The molecule has 670 valence electrons. The van der Waals surface area contributed by atoms with Crippen LogP contribution in [0.5, 0.6) is 0 Å². The Balaban J connectivity index is 0.645. The summed E-state index contributed by atoms with van der Waals surface area (Å²) in [5.74, 6) is 4.43. The molecule has 5 unspecified atom stereocenters. The maximum absolute atomic E-state index is 12.7. The van der Waals surface area contributed by atoms with Crippen molar-refractivity contribution >= 4 is 72.6 Å². The van der Waals surface area contributed by atoms with Crippen molar-refractivity contribution in [3.63, 3.8) is 0 Å². The van der Waals surface area contributed by atoms with Crippen molar-refractivity contribution in [1.82, 2.24) is 20.2 Å². The van der Waals surface area contributed by atoms with Gasteiger partial charge in [0.2, 0.25) is 17.5 Å². The average Bonchev–Trinajstić information content (AvgIpc) is 1.59. The quantitative estimate of drug-likeness (QED) is 0.00968. The van der Waals surface area contributed by atoms with Crippen LogP contribution in [0.4, 0.5) is 11.4 Å². The molecule has 0 saturated carbocycles. The van der Waals surface area contributed by atoms with E-state index in [9.17, 15) is 73.7 Å². The molecule has 0 spiro atoms. The van der Waals surface area contributed by atoms with Crippen LogP contribution in [-0.2, 0) is 134 Å². The Morgan fingerprint density at radius 1 is 0.613 bits per heavy atom. The van der Waals surface area contributed by atoms with Crippen molar-refractivity contribution in [2.24, 2.45) is 0 Å². The molecule has 1 fully saturated rings. The molecule has 0 bridgehead atoms. The number of fused-ring (bicyclic) bond motifs is 2. The zero-order valence-electron chi connectivity index (χ0n) is 67.2. The van der Waals surface area contributed by atoms with Gasteiger partial charge in [-0.15, -0.1) is 0 Å². The molecule has 1 aromatic heterocycles. The van der Waals surface area contributed by atoms with Gasteiger partial charge in [-0.05, 0) is 75.6 Å². The number of amides is 2. The van der Waals surface area contributed by atoms with Crippen molar-refractivity contribution in [3.8, 4) is 11.8 Å². The van der Waals surface area contributed by atoms with Gasteiger partial charge in [0.15, 0.2) is 5.71 Å². The summed E-state index contributed by atoms with van der Waals surface area (Å²) in [5.41, 5.74) is 1.80. The van der Waals surface area contributed by atoms with Gasteiger partial charge in [-0.1, -0.05) is 43.9 Å². The fraction of sp³-hybridized carbons (Fsp3) is 0.630. The minimum Gasteiger partial charge on any atom is -0.390 e. The number of aromatic nitrogens is 2. The van der Waals surface area contributed by atoms with Crippen molar-refractivity contribution in [1.29, 1.82) is 0 Å². The number of carbonyl (C=O) groups excluding carboxylic acids is 2. The van der Waals surface area contributed by atoms with E-state index in [2.05, 4.69) is 45.1 Å². The molecular formula is C73H112N6O35P3S2+. The second kappa shape index (κ2) is 51.9. The Bertz CT molecular complexity index is 4410. The topological polar surface area (TPSA) is 537 Å². The van der Waals surface area contributed by atoms with Crippen LogP contribution in [0.15, 0.2) is 98.1 Å². The van der Waals surface area contributed by atoms with Crippen LogP contribution in [0.2, 0.25) is 0 Å². The predicted octanol–water partition coefficient (Wildman–Crippen LogP) is 3.27. The maximum atomic E-state index is 12.7. The third-order valence-corrected chi connectivity index (χ3v) is 23.3. The number of aliphatic hydroxyl groups is 1. The summed E-state index contributed by atoms with van der Waals surface area (Å²) in [6.45, 7) is 19.2. The number of carbonyl (C=O) groups is 2. The summed E-state index contributed by atoms with van der Waals surface area (Å²) in [6, 6.07) is 9.27. The van der Waals surface area contributed by atoms with Gasteiger partial charge in [-0.25, -0.2) is 18.5 Å². The van der Waals surface area contributed by atoms with Gasteiger partial charge >= 0.3 is 29.2 Å². The first kappa shape index (κ1) is 102. The number of aliphatic hydroxyl groups excluding tert-OH is 1. The summed E-state index contributed by atoms with van der Waals surface area (Å²) in [6.07, 6.45) is 8.69. The monoisotopic (exact) mass is 1790 g/mol. The molecule has 0 radical (unpaired) electrons. The number of benzene rings is 2. The van der Waals surface area contributed by atoms with E-state index in [1.807, 2.05) is 70.0 Å². The third kappa shape index (κ3) is 37.1. The van der Waals surface area contributed by atoms with E-state index in [1.165, 1.54) is 24.3 Å². The highest BCUT2D eigenvalue weighted by molar-refractivity contribution is 7.86. The second-order valence-electron chi connectivity index (χ2n) is 27.3. The van der Waals surface area contributed by atoms with Gasteiger partial charge in [0.25, 0.3) is 25.8 Å². The van der Waals surface area contributed by atoms with Crippen LogP contribution in [0.25, 0.3) is 0 Å². The van der Waals surface area contributed by atoms with Gasteiger partial charge in [0.1, 0.15) is 31.0 Å². The van der Waals surface area contributed by atoms with Crippen LogP contribution in [0.3, 0.4) is 0 Å². The number of rotatable bonds is 62. The standard InChI is InChI=1S/C73H111N6O35P3S2/c1-6-77-61-20-18-57(118(92,93)94)50-59(61)72(2,3)65(77)15-9-7-10-16-66-73(4,5)60-51-58(119(95,96)97)19-21-62(60)78(66)24-12-8-11-17-67(81)75-23-25-98-26-27-99-28-29-100-30-31-101-32-33-102-34-35-103-36-37-104-38-39-105-40-41-106-42-43-107-44-45-108-46-47-109-48-49-110-55-68(82)74-22-13-14-56-53-79(71(84)76-70(56)83)69-52-63(80)64(112-69)54-111-116(88,89)114-117(90,91)113-115(85,86)87/h7,9-10,15-16,18-21,50-51,53,63-64,69,80H,6,8,11-12,17,22-49,52,54-55H2,1-5H3,(H8-,74,75,76,81,82,83,84,85,86,87,88,89,90,91,92,93,94,95,96,97)/p+1. The minimum atomic E-state index is -5.80. The Morgan fingerprint density at radius 3 is 1.60 bits per heavy atom. The number of phosphoric acid groups is 3. The Kier molecular flexibility index (Phi) is 44.4. The summed E-state index contributed by atoms with van der Waals surface area (Å²) in [7, 11) is -25.8. The SMILES string of the molecule is CCN1C(=CC=CC=CC2=[N+](CCCCCC(=O)NCCOCCOCCOCCOCCOCCOCCOCCOCCOCCOCCOCCOCCOCC(=O)NCC#Cc3cn(C4CC(O)C(COP(=O)(O)OP(=O)(O)OP(=O)(O)O)O4)c(=O)[nH]c3=O)c3ccc(S(=O)(=O)O)cc3C2(C)C)C(C)(C)c2cc(S(=O)(=O)O)ccc21. The Hall–Kier alpha value is -6.06. The number of H-pyrrole nitrogens is 1. The zero-order valence-corrected chi connectivity index (χ0v) is 71.5. The van der Waals surface area contributed by atoms with Gasteiger partial charge in [-0.3, -0.25) is 37.6 Å². The molecule has 3 aromatic rings. The van der Waals surface area contributed by atoms with Crippen LogP contribution in [0.1, 0.15) is 89.6 Å². The first-order chi connectivity index (χ1) is 56.5. The minimum absolute atomic E-state index is 0.0757. The van der Waals surface area contributed by atoms with E-state index in [4.69, 9.17) is 76.1 Å². The van der Waals surface area contributed by atoms with Crippen molar-refractivity contribution in [2.45, 2.75) is 106 Å². The number of nitrogens with zero attached hydrogens (tertiary/aromatic N) is 3. The average molecular weight is 1790 g/mol. The van der Waals surface area contributed by atoms with E-state index in [0.717, 1.165) is 57.5 Å². The van der Waals surface area contributed by atoms with Crippen molar-refractivity contribution < 1.29 is 158 Å². The molecule has 0 aliphatic carbocycles. The molecular weight excluding hydrogens is 1680 g/mol.